The molecule has 2 aromatic carbocycles. The number of nitrogens with zero attached hydrogens (tertiary/aromatic N) is 3. The van der Waals surface area contributed by atoms with E-state index in [4.69, 9.17) is 11.6 Å². The van der Waals surface area contributed by atoms with Crippen LogP contribution in [0.15, 0.2) is 35.8 Å². The Hall–Kier alpha value is -3.15. The van der Waals surface area contributed by atoms with Crippen LogP contribution in [-0.4, -0.2) is 39.3 Å². The quantitative estimate of drug-likeness (QED) is 0.420. The van der Waals surface area contributed by atoms with Gasteiger partial charge in [-0.1, -0.05) is 29.0 Å². The lowest BCUT2D eigenvalue weighted by Gasteiger charge is -2.22. The van der Waals surface area contributed by atoms with Gasteiger partial charge in [0.1, 0.15) is 23.4 Å². The van der Waals surface area contributed by atoms with Crippen LogP contribution in [0, 0.1) is 5.82 Å². The van der Waals surface area contributed by atoms with Gasteiger partial charge >= 0.3 is 6.03 Å². The van der Waals surface area contributed by atoms with Crippen molar-refractivity contribution in [2.24, 2.45) is 0 Å². The molecule has 1 aliphatic heterocycles. The van der Waals surface area contributed by atoms with E-state index in [-0.39, 0.29) is 5.02 Å². The highest BCUT2D eigenvalue weighted by Crippen LogP contribution is 2.34. The summed E-state index contributed by atoms with van der Waals surface area (Å²) in [6.45, 7) is 0.971. The minimum atomic E-state index is -1.47. The number of amides is 4. The van der Waals surface area contributed by atoms with Gasteiger partial charge in [0.05, 0.1) is 25.4 Å². The summed E-state index contributed by atoms with van der Waals surface area (Å²) in [7, 11) is 0. The Morgan fingerprint density at radius 1 is 1.31 bits per heavy atom. The van der Waals surface area contributed by atoms with Gasteiger partial charge in [0.25, 0.3) is 5.91 Å². The molecule has 3 heterocycles. The van der Waals surface area contributed by atoms with Gasteiger partial charge in [-0.25, -0.2) is 19.2 Å². The molecular formula is C20H13ClFN5O3S2. The number of fused-ring (bicyclic) bond motifs is 3. The summed E-state index contributed by atoms with van der Waals surface area (Å²) in [5.41, 5.74) is 2.09. The van der Waals surface area contributed by atoms with Crippen molar-refractivity contribution in [3.8, 4) is 0 Å². The van der Waals surface area contributed by atoms with Crippen LogP contribution >= 0.6 is 34.3 Å². The van der Waals surface area contributed by atoms with Crippen LogP contribution in [0.3, 0.4) is 0 Å². The highest BCUT2D eigenvalue weighted by atomic mass is 35.5. The number of anilines is 1. The molecule has 162 valence electrons. The van der Waals surface area contributed by atoms with Gasteiger partial charge in [0.15, 0.2) is 5.13 Å². The zero-order valence-corrected chi connectivity index (χ0v) is 18.7. The van der Waals surface area contributed by atoms with Gasteiger partial charge in [-0.2, -0.15) is 0 Å². The third kappa shape index (κ3) is 3.29. The van der Waals surface area contributed by atoms with Crippen LogP contribution in [0.25, 0.3) is 20.4 Å². The zero-order valence-electron chi connectivity index (χ0n) is 16.3. The molecule has 0 spiro atoms. The molecule has 1 atom stereocenters. The molecule has 4 aromatic rings. The van der Waals surface area contributed by atoms with E-state index in [0.717, 1.165) is 25.9 Å². The minimum Gasteiger partial charge on any atom is -0.319 e. The molecule has 0 aliphatic carbocycles. The van der Waals surface area contributed by atoms with Gasteiger partial charge in [-0.05, 0) is 36.8 Å². The lowest BCUT2D eigenvalue weighted by molar-refractivity contribution is -0.133. The molecule has 1 aliphatic rings. The highest BCUT2D eigenvalue weighted by Gasteiger charge is 2.49. The monoisotopic (exact) mass is 489 g/mol. The Morgan fingerprint density at radius 3 is 2.91 bits per heavy atom. The first-order valence-corrected chi connectivity index (χ1v) is 11.4. The van der Waals surface area contributed by atoms with Crippen LogP contribution in [0.1, 0.15) is 12.5 Å². The molecule has 2 aromatic heterocycles. The van der Waals surface area contributed by atoms with Gasteiger partial charge in [0.2, 0.25) is 5.91 Å². The number of hydrogen-bond donors (Lipinski definition) is 2. The number of thiazole rings is 2. The molecule has 1 saturated heterocycles. The Kier molecular flexibility index (Phi) is 4.84. The minimum absolute atomic E-state index is 0.174. The number of rotatable bonds is 4. The molecule has 0 saturated carbocycles. The van der Waals surface area contributed by atoms with Crippen molar-refractivity contribution in [1.82, 2.24) is 20.2 Å². The van der Waals surface area contributed by atoms with Gasteiger partial charge < -0.3 is 10.6 Å². The number of hydrogen-bond acceptors (Lipinski definition) is 7. The van der Waals surface area contributed by atoms with Gasteiger partial charge in [0, 0.05) is 0 Å². The van der Waals surface area contributed by atoms with Gasteiger partial charge in [-0.3, -0.25) is 14.5 Å². The first-order valence-electron chi connectivity index (χ1n) is 9.28. The molecule has 5 rings (SSSR count). The molecular weight excluding hydrogens is 477 g/mol. The molecule has 2 N–H and O–H groups in total. The van der Waals surface area contributed by atoms with Gasteiger partial charge in [-0.15, -0.1) is 11.3 Å². The number of aromatic nitrogens is 2. The van der Waals surface area contributed by atoms with E-state index in [2.05, 4.69) is 20.6 Å². The van der Waals surface area contributed by atoms with Crippen molar-refractivity contribution < 1.29 is 18.8 Å². The first kappa shape index (κ1) is 20.7. The summed E-state index contributed by atoms with van der Waals surface area (Å²) in [6, 6.07) is 6.78. The maximum atomic E-state index is 13.5. The molecule has 12 heteroatoms. The van der Waals surface area contributed by atoms with E-state index < -0.39 is 35.7 Å². The molecule has 8 nitrogen and oxygen atoms in total. The van der Waals surface area contributed by atoms with Crippen molar-refractivity contribution in [3.05, 3.63) is 52.2 Å². The highest BCUT2D eigenvalue weighted by molar-refractivity contribution is 7.24. The third-order valence-corrected chi connectivity index (χ3v) is 7.25. The molecule has 1 fully saturated rings. The topological polar surface area (TPSA) is 104 Å². The summed E-state index contributed by atoms with van der Waals surface area (Å²) in [5.74, 6) is -1.87. The summed E-state index contributed by atoms with van der Waals surface area (Å²) in [6.07, 6.45) is 0. The predicted molar refractivity (Wildman–Crippen MR) is 120 cm³/mol. The van der Waals surface area contributed by atoms with Crippen molar-refractivity contribution in [2.75, 3.05) is 11.9 Å². The second kappa shape index (κ2) is 7.47. The fraction of sp³-hybridized carbons (Fsp3) is 0.150. The van der Waals surface area contributed by atoms with Crippen molar-refractivity contribution >= 4 is 77.7 Å². The zero-order chi connectivity index (χ0) is 22.6. The number of urea groups is 1. The number of carbonyl (C=O) groups is 3. The summed E-state index contributed by atoms with van der Waals surface area (Å²) in [4.78, 5) is 47.6. The smallest absolute Gasteiger partial charge is 0.319 e. The van der Waals surface area contributed by atoms with E-state index in [9.17, 15) is 18.8 Å². The lowest BCUT2D eigenvalue weighted by Crippen LogP contribution is -2.42. The summed E-state index contributed by atoms with van der Waals surface area (Å²) in [5, 5.41) is 5.36. The summed E-state index contributed by atoms with van der Waals surface area (Å²) >= 11 is 8.60. The third-order valence-electron chi connectivity index (χ3n) is 5.18. The maximum absolute atomic E-state index is 13.5. The van der Waals surface area contributed by atoms with Crippen LogP contribution in [0.5, 0.6) is 0 Å². The van der Waals surface area contributed by atoms with Crippen molar-refractivity contribution in [1.29, 1.82) is 0 Å². The lowest BCUT2D eigenvalue weighted by atomic mass is 9.92. The molecule has 0 bridgehead atoms. The Balaban J connectivity index is 1.35. The van der Waals surface area contributed by atoms with E-state index in [1.54, 1.807) is 5.51 Å². The largest absolute Gasteiger partial charge is 0.325 e. The van der Waals surface area contributed by atoms with E-state index in [1.165, 1.54) is 41.7 Å². The Bertz CT molecular complexity index is 1440. The fourth-order valence-electron chi connectivity index (χ4n) is 3.51. The second-order valence-corrected chi connectivity index (χ2v) is 9.55. The van der Waals surface area contributed by atoms with E-state index in [0.29, 0.717) is 16.2 Å². The second-order valence-electron chi connectivity index (χ2n) is 7.26. The number of benzene rings is 2. The average molecular weight is 490 g/mol. The molecule has 1 unspecified atom stereocenters. The standard InChI is InChI=1S/C20H13ClFN5O3S2/c1-20(9-2-3-11(22)10(21)6-9)17(29)27(19(30)26-20)7-14(28)25-18-24-12-4-5-13-15(16(12)32-18)23-8-31-13/h2-6,8H,7H2,1H3,(H,26,30)(H,24,25,28). The van der Waals surface area contributed by atoms with Crippen LogP contribution in [0.4, 0.5) is 14.3 Å². The van der Waals surface area contributed by atoms with Crippen molar-refractivity contribution in [2.45, 2.75) is 12.5 Å². The van der Waals surface area contributed by atoms with Crippen molar-refractivity contribution in [3.63, 3.8) is 0 Å². The van der Waals surface area contributed by atoms with Crippen LogP contribution in [0.2, 0.25) is 5.02 Å². The maximum Gasteiger partial charge on any atom is 0.325 e. The first-order chi connectivity index (χ1) is 15.3. The fourth-order valence-corrected chi connectivity index (χ4v) is 5.42. The molecule has 32 heavy (non-hydrogen) atoms. The Morgan fingerprint density at radius 2 is 2.12 bits per heavy atom. The number of nitrogens with one attached hydrogen (secondary N) is 2. The van der Waals surface area contributed by atoms with E-state index in [1.807, 2.05) is 12.1 Å². The Labute approximate surface area is 193 Å². The van der Waals surface area contributed by atoms with E-state index >= 15 is 0 Å². The number of carbonyl (C=O) groups excluding carboxylic acids is 3. The predicted octanol–water partition coefficient (Wildman–Crippen LogP) is 4.10. The number of imide groups is 1. The SMILES string of the molecule is CC1(c2ccc(F)c(Cl)c2)NC(=O)N(CC(=O)Nc2nc3ccc4scnc4c3s2)C1=O. The van der Waals surface area contributed by atoms with Crippen LogP contribution in [-0.2, 0) is 15.1 Å². The van der Waals surface area contributed by atoms with Crippen LogP contribution < -0.4 is 10.6 Å². The summed E-state index contributed by atoms with van der Waals surface area (Å²) < 4.78 is 15.4. The normalized spacial score (nSPS) is 18.5. The molecule has 0 radical (unpaired) electrons. The number of halogens is 2. The molecule has 4 amide bonds. The average Bonchev–Trinajstić information content (AvgIpc) is 3.43.